The third-order valence-electron chi connectivity index (χ3n) is 3.98. The van der Waals surface area contributed by atoms with Crippen molar-refractivity contribution in [2.24, 2.45) is 0 Å². The van der Waals surface area contributed by atoms with Crippen molar-refractivity contribution >= 4 is 11.9 Å². The third-order valence-corrected chi connectivity index (χ3v) is 3.98. The number of rotatable bonds is 9. The molecule has 2 aromatic rings. The fraction of sp³-hybridized carbons (Fsp3) is 0.316. The number of benzene rings is 1. The van der Waals surface area contributed by atoms with Crippen LogP contribution in [0, 0.1) is 0 Å². The number of nitrogens with zero attached hydrogens (tertiary/aromatic N) is 1. The molecule has 1 aromatic heterocycles. The van der Waals surface area contributed by atoms with E-state index in [-0.39, 0.29) is 6.54 Å². The van der Waals surface area contributed by atoms with Gasteiger partial charge in [-0.05, 0) is 30.2 Å². The van der Waals surface area contributed by atoms with Gasteiger partial charge in [0.1, 0.15) is 5.56 Å². The van der Waals surface area contributed by atoms with Gasteiger partial charge in [0.05, 0.1) is 14.2 Å². The fourth-order valence-electron chi connectivity index (χ4n) is 2.57. The molecule has 0 saturated carbocycles. The minimum atomic E-state index is -0.951. The second-order valence-electron chi connectivity index (χ2n) is 5.77. The minimum absolute atomic E-state index is 0.0922. The number of aromatic hydroxyl groups is 1. The number of carbonyl (C=O) groups excluding carboxylic acids is 1. The molecule has 0 bridgehead atoms. The molecule has 0 saturated heterocycles. The first-order chi connectivity index (χ1) is 13.4. The van der Waals surface area contributed by atoms with Gasteiger partial charge in [0.25, 0.3) is 5.56 Å². The summed E-state index contributed by atoms with van der Waals surface area (Å²) in [6.45, 7) is 0.447. The Morgan fingerprint density at radius 2 is 1.89 bits per heavy atom. The molecule has 2 N–H and O–H groups in total. The predicted octanol–water partition coefficient (Wildman–Crippen LogP) is 1.19. The molecular formula is C19H22N2O7. The number of aromatic nitrogens is 2. The highest BCUT2D eigenvalue weighted by Crippen LogP contribution is 2.28. The van der Waals surface area contributed by atoms with E-state index < -0.39 is 28.5 Å². The number of carbonyl (C=O) groups is 1. The molecule has 9 nitrogen and oxygen atoms in total. The van der Waals surface area contributed by atoms with E-state index in [0.29, 0.717) is 30.1 Å². The molecule has 150 valence electrons. The maximum absolute atomic E-state index is 12.5. The lowest BCUT2D eigenvalue weighted by molar-refractivity contribution is 0.104. The first kappa shape index (κ1) is 21.0. The van der Waals surface area contributed by atoms with Crippen molar-refractivity contribution in [1.82, 2.24) is 9.55 Å². The molecule has 0 aliphatic heterocycles. The van der Waals surface area contributed by atoms with Gasteiger partial charge in [-0.1, -0.05) is 12.1 Å². The average Bonchev–Trinajstić information content (AvgIpc) is 2.68. The molecule has 0 amide bonds. The van der Waals surface area contributed by atoms with Crippen LogP contribution in [0.2, 0.25) is 0 Å². The van der Waals surface area contributed by atoms with Gasteiger partial charge >= 0.3 is 5.69 Å². The molecule has 0 spiro atoms. The molecule has 0 radical (unpaired) electrons. The maximum atomic E-state index is 12.5. The van der Waals surface area contributed by atoms with Crippen molar-refractivity contribution in [3.8, 4) is 17.4 Å². The smallest absolute Gasteiger partial charge is 0.331 e. The van der Waals surface area contributed by atoms with Gasteiger partial charge in [-0.3, -0.25) is 19.1 Å². The second-order valence-corrected chi connectivity index (χ2v) is 5.77. The summed E-state index contributed by atoms with van der Waals surface area (Å²) in [4.78, 5) is 38.4. The van der Waals surface area contributed by atoms with Crippen LogP contribution < -0.4 is 20.7 Å². The Morgan fingerprint density at radius 3 is 2.54 bits per heavy atom. The SMILES string of the molecule is COCCCn1c(O)c(C(=O)C=Cc2ccc(OC)c(OC)c2)c(=O)[nH]c1=O. The Kier molecular flexibility index (Phi) is 7.16. The Balaban J connectivity index is 2.33. The normalized spacial score (nSPS) is 11.0. The molecule has 0 aliphatic carbocycles. The van der Waals surface area contributed by atoms with Crippen LogP contribution in [0.25, 0.3) is 6.08 Å². The van der Waals surface area contributed by atoms with Gasteiger partial charge in [0.15, 0.2) is 17.3 Å². The first-order valence-electron chi connectivity index (χ1n) is 8.42. The van der Waals surface area contributed by atoms with E-state index in [9.17, 15) is 19.5 Å². The van der Waals surface area contributed by atoms with Gasteiger partial charge in [0, 0.05) is 20.3 Å². The van der Waals surface area contributed by atoms with Crippen molar-refractivity contribution in [3.63, 3.8) is 0 Å². The maximum Gasteiger partial charge on any atom is 0.331 e. The standard InChI is InChI=1S/C19H22N2O7/c1-26-10-4-9-21-18(24)16(17(23)20-19(21)25)13(22)7-5-12-6-8-14(27-2)15(11-12)28-3/h5-8,11,24H,4,9-10H2,1-3H3,(H,20,23,25). The van der Waals surface area contributed by atoms with Crippen molar-refractivity contribution in [1.29, 1.82) is 0 Å². The van der Waals surface area contributed by atoms with Gasteiger partial charge in [-0.15, -0.1) is 0 Å². The van der Waals surface area contributed by atoms with E-state index in [2.05, 4.69) is 0 Å². The zero-order valence-corrected chi connectivity index (χ0v) is 15.9. The average molecular weight is 390 g/mol. The molecule has 1 aromatic carbocycles. The number of methoxy groups -OCH3 is 3. The van der Waals surface area contributed by atoms with Crippen LogP contribution in [0.5, 0.6) is 17.4 Å². The van der Waals surface area contributed by atoms with Crippen LogP contribution in [-0.4, -0.2) is 48.4 Å². The van der Waals surface area contributed by atoms with Crippen LogP contribution in [0.15, 0.2) is 33.9 Å². The van der Waals surface area contributed by atoms with Crippen LogP contribution in [0.4, 0.5) is 0 Å². The summed E-state index contributed by atoms with van der Waals surface area (Å²) in [6.07, 6.45) is 3.02. The molecular weight excluding hydrogens is 368 g/mol. The molecule has 0 fully saturated rings. The Morgan fingerprint density at radius 1 is 1.18 bits per heavy atom. The van der Waals surface area contributed by atoms with Crippen molar-refractivity contribution in [2.45, 2.75) is 13.0 Å². The highest BCUT2D eigenvalue weighted by Gasteiger charge is 2.19. The second kappa shape index (κ2) is 9.56. The first-order valence-corrected chi connectivity index (χ1v) is 8.42. The van der Waals surface area contributed by atoms with Crippen molar-refractivity contribution in [2.75, 3.05) is 27.9 Å². The highest BCUT2D eigenvalue weighted by atomic mass is 16.5. The van der Waals surface area contributed by atoms with E-state index in [0.717, 1.165) is 10.6 Å². The molecule has 0 unspecified atom stereocenters. The monoisotopic (exact) mass is 390 g/mol. The van der Waals surface area contributed by atoms with Crippen molar-refractivity contribution < 1.29 is 24.1 Å². The summed E-state index contributed by atoms with van der Waals surface area (Å²) in [7, 11) is 4.50. The van der Waals surface area contributed by atoms with Crippen LogP contribution >= 0.6 is 0 Å². The van der Waals surface area contributed by atoms with E-state index in [1.807, 2.05) is 4.98 Å². The van der Waals surface area contributed by atoms with Gasteiger partial charge in [-0.2, -0.15) is 0 Å². The number of ether oxygens (including phenoxy) is 3. The summed E-state index contributed by atoms with van der Waals surface area (Å²) in [5.74, 6) is -0.409. The summed E-state index contributed by atoms with van der Waals surface area (Å²) in [5, 5.41) is 10.3. The van der Waals surface area contributed by atoms with E-state index in [4.69, 9.17) is 14.2 Å². The Bertz CT molecular complexity index is 989. The molecule has 0 atom stereocenters. The molecule has 9 heteroatoms. The zero-order chi connectivity index (χ0) is 20.7. The summed E-state index contributed by atoms with van der Waals surface area (Å²) < 4.78 is 16.2. The molecule has 1 heterocycles. The topological polar surface area (TPSA) is 120 Å². The zero-order valence-electron chi connectivity index (χ0n) is 15.9. The number of hydrogen-bond acceptors (Lipinski definition) is 7. The van der Waals surface area contributed by atoms with E-state index in [1.54, 1.807) is 18.2 Å². The Labute approximate surface area is 160 Å². The van der Waals surface area contributed by atoms with Crippen LogP contribution in [-0.2, 0) is 11.3 Å². The number of H-pyrrole nitrogens is 1. The number of aromatic amines is 1. The van der Waals surface area contributed by atoms with E-state index >= 15 is 0 Å². The van der Waals surface area contributed by atoms with Crippen LogP contribution in [0.1, 0.15) is 22.3 Å². The molecule has 28 heavy (non-hydrogen) atoms. The van der Waals surface area contributed by atoms with Crippen LogP contribution in [0.3, 0.4) is 0 Å². The summed E-state index contributed by atoms with van der Waals surface area (Å²) in [6, 6.07) is 5.02. The predicted molar refractivity (Wildman–Crippen MR) is 102 cm³/mol. The lowest BCUT2D eigenvalue weighted by Crippen LogP contribution is -2.33. The molecule has 2 rings (SSSR count). The molecule has 0 aliphatic rings. The third kappa shape index (κ3) is 4.68. The largest absolute Gasteiger partial charge is 0.494 e. The number of ketones is 1. The number of nitrogens with one attached hydrogen (secondary N) is 1. The summed E-state index contributed by atoms with van der Waals surface area (Å²) >= 11 is 0. The quantitative estimate of drug-likeness (QED) is 0.375. The number of hydrogen-bond donors (Lipinski definition) is 2. The lowest BCUT2D eigenvalue weighted by Gasteiger charge is -2.09. The number of allylic oxidation sites excluding steroid dienone is 1. The van der Waals surface area contributed by atoms with E-state index in [1.165, 1.54) is 27.4 Å². The Hall–Kier alpha value is -3.33. The highest BCUT2D eigenvalue weighted by molar-refractivity contribution is 6.08. The van der Waals surface area contributed by atoms with Crippen molar-refractivity contribution in [3.05, 3.63) is 56.2 Å². The lowest BCUT2D eigenvalue weighted by atomic mass is 10.1. The van der Waals surface area contributed by atoms with Gasteiger partial charge in [-0.25, -0.2) is 4.79 Å². The van der Waals surface area contributed by atoms with Gasteiger partial charge < -0.3 is 19.3 Å². The van der Waals surface area contributed by atoms with Gasteiger partial charge in [0.2, 0.25) is 5.88 Å². The fourth-order valence-corrected chi connectivity index (χ4v) is 2.57. The minimum Gasteiger partial charge on any atom is -0.494 e. The summed E-state index contributed by atoms with van der Waals surface area (Å²) in [5.41, 5.74) is -1.63.